The molecule has 2 aliphatic carbocycles. The minimum Gasteiger partial charge on any atom is -0.201 e. The maximum atomic E-state index is 2.43. The summed E-state index contributed by atoms with van der Waals surface area (Å²) >= 11 is 0. The topological polar surface area (TPSA) is 3.88 Å². The summed E-state index contributed by atoms with van der Waals surface area (Å²) in [7, 11) is 2.22. The number of fused-ring (bicyclic) bond motifs is 2. The Morgan fingerprint density at radius 2 is 1.81 bits per heavy atom. The van der Waals surface area contributed by atoms with Gasteiger partial charge in [-0.25, -0.2) is 4.57 Å². The lowest BCUT2D eigenvalue weighted by atomic mass is 9.67. The molecule has 27 heavy (non-hydrogen) atoms. The third-order valence-corrected chi connectivity index (χ3v) is 7.18. The fourth-order valence-electron chi connectivity index (χ4n) is 5.83. The number of hydrogen-bond donors (Lipinski definition) is 0. The van der Waals surface area contributed by atoms with E-state index in [9.17, 15) is 0 Å². The van der Waals surface area contributed by atoms with Crippen LogP contribution in [0.2, 0.25) is 0 Å². The van der Waals surface area contributed by atoms with E-state index in [1.165, 1.54) is 65.3 Å². The van der Waals surface area contributed by atoms with Crippen LogP contribution in [0, 0.1) is 12.8 Å². The van der Waals surface area contributed by atoms with E-state index in [4.69, 9.17) is 0 Å². The van der Waals surface area contributed by atoms with Gasteiger partial charge in [0.15, 0.2) is 6.20 Å². The van der Waals surface area contributed by atoms with Crippen molar-refractivity contribution in [1.82, 2.24) is 0 Å². The molecule has 0 amide bonds. The van der Waals surface area contributed by atoms with Crippen LogP contribution in [-0.4, -0.2) is 0 Å². The second kappa shape index (κ2) is 5.92. The van der Waals surface area contributed by atoms with Crippen LogP contribution in [-0.2, 0) is 18.9 Å². The second-order valence-corrected chi connectivity index (χ2v) is 9.32. The molecule has 5 rings (SSSR count). The van der Waals surface area contributed by atoms with Crippen molar-refractivity contribution in [2.24, 2.45) is 13.0 Å². The minimum atomic E-state index is 0.0304. The lowest BCUT2D eigenvalue weighted by Gasteiger charge is -2.35. The molecule has 1 heterocycles. The molecule has 3 aromatic rings. The number of aromatic nitrogens is 1. The number of aryl methyl sites for hydroxylation is 2. The van der Waals surface area contributed by atoms with Crippen LogP contribution in [0.1, 0.15) is 61.8 Å². The summed E-state index contributed by atoms with van der Waals surface area (Å²) < 4.78 is 2.37. The fourth-order valence-corrected chi connectivity index (χ4v) is 5.83. The third-order valence-electron chi connectivity index (χ3n) is 7.18. The quantitative estimate of drug-likeness (QED) is 0.495. The smallest absolute Gasteiger partial charge is 0.201 e. The van der Waals surface area contributed by atoms with E-state index >= 15 is 0 Å². The highest BCUT2D eigenvalue weighted by Crippen LogP contribution is 2.50. The Kier molecular flexibility index (Phi) is 3.73. The number of pyridine rings is 1. The average molecular weight is 357 g/mol. The van der Waals surface area contributed by atoms with Gasteiger partial charge in [0.05, 0.1) is 5.56 Å². The molecule has 0 atom stereocenters. The van der Waals surface area contributed by atoms with E-state index in [0.717, 1.165) is 5.92 Å². The van der Waals surface area contributed by atoms with Gasteiger partial charge in [-0.1, -0.05) is 69.9 Å². The molecule has 0 spiro atoms. The molecule has 0 bridgehead atoms. The first-order valence-electron chi connectivity index (χ1n) is 10.5. The number of hydrogen-bond acceptors (Lipinski definition) is 0. The van der Waals surface area contributed by atoms with Gasteiger partial charge in [-0.05, 0) is 46.7 Å². The number of nitrogens with zero attached hydrogens (tertiary/aromatic N) is 1. The highest BCUT2D eigenvalue weighted by molar-refractivity contribution is 6.03. The van der Waals surface area contributed by atoms with E-state index in [-0.39, 0.29) is 5.41 Å². The predicted octanol–water partition coefficient (Wildman–Crippen LogP) is 6.01. The van der Waals surface area contributed by atoms with Gasteiger partial charge in [-0.15, -0.1) is 0 Å². The van der Waals surface area contributed by atoms with Crippen molar-refractivity contribution in [2.75, 3.05) is 0 Å². The molecule has 0 N–H and O–H groups in total. The molecule has 1 fully saturated rings. The van der Waals surface area contributed by atoms with Gasteiger partial charge >= 0.3 is 0 Å². The Balaban J connectivity index is 1.86. The summed E-state index contributed by atoms with van der Waals surface area (Å²) in [5.74, 6) is 0.867. The summed E-state index contributed by atoms with van der Waals surface area (Å²) in [6, 6.07) is 13.9. The Hall–Kier alpha value is -2.15. The lowest BCUT2D eigenvalue weighted by Crippen LogP contribution is -2.39. The first-order valence-corrected chi connectivity index (χ1v) is 10.5. The van der Waals surface area contributed by atoms with Crippen LogP contribution in [0.4, 0.5) is 0 Å². The molecule has 0 radical (unpaired) electrons. The minimum absolute atomic E-state index is 0.0304. The molecule has 1 saturated carbocycles. The van der Waals surface area contributed by atoms with Crippen LogP contribution >= 0.6 is 0 Å². The molecule has 138 valence electrons. The van der Waals surface area contributed by atoms with E-state index in [1.807, 2.05) is 0 Å². The number of rotatable bonds is 2. The molecule has 2 aliphatic rings. The van der Waals surface area contributed by atoms with Gasteiger partial charge in [0.2, 0.25) is 5.69 Å². The average Bonchev–Trinajstić information content (AvgIpc) is 3.15. The largest absolute Gasteiger partial charge is 0.217 e. The van der Waals surface area contributed by atoms with E-state index in [0.29, 0.717) is 0 Å². The van der Waals surface area contributed by atoms with E-state index in [2.05, 4.69) is 75.0 Å². The Labute approximate surface area is 163 Å². The highest BCUT2D eigenvalue weighted by atomic mass is 14.9. The van der Waals surface area contributed by atoms with Gasteiger partial charge in [0, 0.05) is 17.0 Å². The van der Waals surface area contributed by atoms with Gasteiger partial charge in [0.25, 0.3) is 0 Å². The zero-order valence-electron chi connectivity index (χ0n) is 17.1. The first-order chi connectivity index (χ1) is 13.0. The van der Waals surface area contributed by atoms with Crippen molar-refractivity contribution in [1.29, 1.82) is 0 Å². The predicted molar refractivity (Wildman–Crippen MR) is 113 cm³/mol. The van der Waals surface area contributed by atoms with Gasteiger partial charge in [-0.3, -0.25) is 0 Å². The Morgan fingerprint density at radius 1 is 1.04 bits per heavy atom. The third kappa shape index (κ3) is 2.40. The van der Waals surface area contributed by atoms with Crippen molar-refractivity contribution >= 4 is 10.8 Å². The van der Waals surface area contributed by atoms with Crippen molar-refractivity contribution in [3.8, 4) is 11.3 Å². The van der Waals surface area contributed by atoms with E-state index in [1.54, 1.807) is 11.1 Å². The molecule has 1 aromatic heterocycles. The zero-order chi connectivity index (χ0) is 18.8. The standard InChI is InChI=1S/C26H30N/c1-17-12-13-19-10-7-11-21-23(19)22(17)25-24(26(21,2)3)20(14-15-27(25)4)16-18-8-5-6-9-18/h7,10-15,18H,5-6,8-9,16H2,1-4H3/q+1. The maximum Gasteiger partial charge on any atom is 0.217 e. The monoisotopic (exact) mass is 356 g/mol. The zero-order valence-corrected chi connectivity index (χ0v) is 17.1. The summed E-state index contributed by atoms with van der Waals surface area (Å²) in [6.07, 6.45) is 9.17. The normalized spacial score (nSPS) is 18.1. The van der Waals surface area contributed by atoms with Gasteiger partial charge in [-0.2, -0.15) is 0 Å². The first kappa shape index (κ1) is 17.0. The summed E-state index contributed by atoms with van der Waals surface area (Å²) in [4.78, 5) is 0. The van der Waals surface area contributed by atoms with Gasteiger partial charge < -0.3 is 0 Å². The molecular formula is C26H30N+. The van der Waals surface area contributed by atoms with E-state index < -0.39 is 0 Å². The fraction of sp³-hybridized carbons (Fsp3) is 0.423. The molecular weight excluding hydrogens is 326 g/mol. The van der Waals surface area contributed by atoms with Crippen molar-refractivity contribution in [3.05, 3.63) is 64.8 Å². The van der Waals surface area contributed by atoms with Crippen molar-refractivity contribution in [2.45, 2.75) is 58.3 Å². The Morgan fingerprint density at radius 3 is 2.59 bits per heavy atom. The van der Waals surface area contributed by atoms with Crippen molar-refractivity contribution < 1.29 is 4.57 Å². The van der Waals surface area contributed by atoms with Crippen molar-refractivity contribution in [3.63, 3.8) is 0 Å². The molecule has 1 nitrogen and oxygen atoms in total. The SMILES string of the molecule is Cc1ccc2cccc3c2c1-c1c(c(CC2CCCC2)cc[n+]1C)C3(C)C. The van der Waals surface area contributed by atoms with Crippen LogP contribution in [0.5, 0.6) is 0 Å². The summed E-state index contributed by atoms with van der Waals surface area (Å²) in [5, 5.41) is 2.83. The van der Waals surface area contributed by atoms with Crippen LogP contribution < -0.4 is 4.57 Å². The second-order valence-electron chi connectivity index (χ2n) is 9.32. The van der Waals surface area contributed by atoms with Crippen LogP contribution in [0.25, 0.3) is 22.0 Å². The molecule has 1 heteroatoms. The maximum absolute atomic E-state index is 2.43. The lowest BCUT2D eigenvalue weighted by molar-refractivity contribution is -0.661. The van der Waals surface area contributed by atoms with Crippen LogP contribution in [0.3, 0.4) is 0 Å². The van der Waals surface area contributed by atoms with Gasteiger partial charge in [0.1, 0.15) is 7.05 Å². The molecule has 2 aromatic carbocycles. The summed E-state index contributed by atoms with van der Waals surface area (Å²) in [5.41, 5.74) is 8.94. The highest BCUT2D eigenvalue weighted by Gasteiger charge is 2.40. The van der Waals surface area contributed by atoms with Crippen LogP contribution in [0.15, 0.2) is 42.6 Å². The molecule has 0 unspecified atom stereocenters. The Bertz CT molecular complexity index is 1050. The summed E-state index contributed by atoms with van der Waals surface area (Å²) in [6.45, 7) is 7.14. The molecule has 0 saturated heterocycles. The molecule has 0 aliphatic heterocycles. The number of benzene rings is 2.